The first kappa shape index (κ1) is 11.2. The first-order chi connectivity index (χ1) is 7.86. The van der Waals surface area contributed by atoms with E-state index >= 15 is 0 Å². The van der Waals surface area contributed by atoms with Crippen LogP contribution in [0.1, 0.15) is 11.1 Å². The molecule has 0 aliphatic carbocycles. The molecule has 2 aromatic carbocycles. The fourth-order valence-electron chi connectivity index (χ4n) is 2.02. The molecule has 2 aromatic rings. The maximum Gasteiger partial charge on any atom is 0.0550 e. The van der Waals surface area contributed by atoms with Gasteiger partial charge >= 0.3 is 0 Å². The van der Waals surface area contributed by atoms with Gasteiger partial charge in [0.05, 0.1) is 9.52 Å². The summed E-state index contributed by atoms with van der Waals surface area (Å²) >= 11 is 0. The first-order valence-electron chi connectivity index (χ1n) is 5.95. The van der Waals surface area contributed by atoms with E-state index in [-0.39, 0.29) is 9.52 Å². The zero-order valence-corrected chi connectivity index (χ0v) is 11.2. The molecular weight excluding hydrogens is 208 g/mol. The summed E-state index contributed by atoms with van der Waals surface area (Å²) in [4.78, 5) is 0. The van der Waals surface area contributed by atoms with E-state index in [2.05, 4.69) is 61.5 Å². The van der Waals surface area contributed by atoms with Crippen molar-refractivity contribution in [1.82, 2.24) is 0 Å². The van der Waals surface area contributed by atoms with Gasteiger partial charge in [-0.05, 0) is 24.5 Å². The van der Waals surface area contributed by atoms with E-state index in [1.807, 2.05) is 0 Å². The molecule has 0 heterocycles. The van der Waals surface area contributed by atoms with Crippen LogP contribution in [0.3, 0.4) is 0 Å². The standard InChI is InChI=1S/C15H18Si/c1-13-7-5-6-8-14(13)11-12-16-15-9-3-2-4-10-15/h2-10H,11-12,16H2,1H3. The largest absolute Gasteiger partial charge is 0.0669 e. The van der Waals surface area contributed by atoms with E-state index in [1.165, 1.54) is 23.6 Å². The van der Waals surface area contributed by atoms with Gasteiger partial charge < -0.3 is 0 Å². The van der Waals surface area contributed by atoms with Crippen molar-refractivity contribution < 1.29 is 0 Å². The molecule has 0 saturated carbocycles. The summed E-state index contributed by atoms with van der Waals surface area (Å²) in [6.45, 7) is 2.21. The zero-order chi connectivity index (χ0) is 11.2. The minimum absolute atomic E-state index is 0.0712. The second kappa shape index (κ2) is 5.66. The Balaban J connectivity index is 1.87. The van der Waals surface area contributed by atoms with Crippen LogP contribution in [0.5, 0.6) is 0 Å². The third-order valence-corrected chi connectivity index (χ3v) is 4.77. The van der Waals surface area contributed by atoms with E-state index in [0.717, 1.165) is 0 Å². The Labute approximate surface area is 100 Å². The summed E-state index contributed by atoms with van der Waals surface area (Å²) in [6, 6.07) is 21.0. The molecule has 2 rings (SSSR count). The Morgan fingerprint density at radius 2 is 1.56 bits per heavy atom. The smallest absolute Gasteiger partial charge is 0.0550 e. The molecule has 0 saturated heterocycles. The van der Waals surface area contributed by atoms with Gasteiger partial charge in [0.2, 0.25) is 0 Å². The molecule has 0 aliphatic rings. The molecule has 0 spiro atoms. The van der Waals surface area contributed by atoms with Gasteiger partial charge in [0.25, 0.3) is 0 Å². The molecule has 82 valence electrons. The van der Waals surface area contributed by atoms with Crippen molar-refractivity contribution in [2.24, 2.45) is 0 Å². The minimum atomic E-state index is -0.0712. The van der Waals surface area contributed by atoms with Gasteiger partial charge in [-0.3, -0.25) is 0 Å². The molecular formula is C15H18Si. The summed E-state index contributed by atoms with van der Waals surface area (Å²) < 4.78 is 0. The topological polar surface area (TPSA) is 0 Å². The van der Waals surface area contributed by atoms with Crippen LogP contribution in [0.15, 0.2) is 54.6 Å². The lowest BCUT2D eigenvalue weighted by atomic mass is 10.1. The van der Waals surface area contributed by atoms with Crippen LogP contribution in [-0.4, -0.2) is 9.52 Å². The van der Waals surface area contributed by atoms with Gasteiger partial charge in [0, 0.05) is 0 Å². The summed E-state index contributed by atoms with van der Waals surface area (Å²) in [5.41, 5.74) is 2.95. The molecule has 0 bridgehead atoms. The van der Waals surface area contributed by atoms with E-state index in [0.29, 0.717) is 0 Å². The predicted molar refractivity (Wildman–Crippen MR) is 74.3 cm³/mol. The van der Waals surface area contributed by atoms with Gasteiger partial charge in [0.1, 0.15) is 0 Å². The Morgan fingerprint density at radius 1 is 0.875 bits per heavy atom. The first-order valence-corrected chi connectivity index (χ1v) is 7.65. The second-order valence-corrected chi connectivity index (χ2v) is 6.29. The van der Waals surface area contributed by atoms with Gasteiger partial charge in [-0.2, -0.15) is 0 Å². The van der Waals surface area contributed by atoms with Gasteiger partial charge in [-0.15, -0.1) is 0 Å². The molecule has 0 aliphatic heterocycles. The Hall–Kier alpha value is -1.34. The van der Waals surface area contributed by atoms with Gasteiger partial charge in [0.15, 0.2) is 0 Å². The van der Waals surface area contributed by atoms with Crippen molar-refractivity contribution in [3.8, 4) is 0 Å². The van der Waals surface area contributed by atoms with Crippen molar-refractivity contribution in [3.05, 3.63) is 65.7 Å². The predicted octanol–water partition coefficient (Wildman–Crippen LogP) is 2.45. The zero-order valence-electron chi connectivity index (χ0n) is 9.82. The monoisotopic (exact) mass is 226 g/mol. The number of aryl methyl sites for hydroxylation is 2. The average molecular weight is 226 g/mol. The van der Waals surface area contributed by atoms with Crippen LogP contribution in [0.4, 0.5) is 0 Å². The maximum absolute atomic E-state index is 2.27. The van der Waals surface area contributed by atoms with Crippen LogP contribution in [0.2, 0.25) is 6.04 Å². The van der Waals surface area contributed by atoms with E-state index in [1.54, 1.807) is 5.19 Å². The highest BCUT2D eigenvalue weighted by Crippen LogP contribution is 2.09. The molecule has 0 amide bonds. The lowest BCUT2D eigenvalue weighted by molar-refractivity contribution is 1.10. The molecule has 0 fully saturated rings. The normalized spacial score (nSPS) is 11.1. The van der Waals surface area contributed by atoms with Crippen molar-refractivity contribution in [1.29, 1.82) is 0 Å². The van der Waals surface area contributed by atoms with Gasteiger partial charge in [-0.25, -0.2) is 0 Å². The van der Waals surface area contributed by atoms with Gasteiger partial charge in [-0.1, -0.05) is 65.8 Å². The molecule has 0 N–H and O–H groups in total. The lowest BCUT2D eigenvalue weighted by Gasteiger charge is -2.04. The van der Waals surface area contributed by atoms with E-state index < -0.39 is 0 Å². The number of hydrogen-bond acceptors (Lipinski definition) is 0. The maximum atomic E-state index is 2.27. The molecule has 0 radical (unpaired) electrons. The Morgan fingerprint density at radius 3 is 2.31 bits per heavy atom. The highest BCUT2D eigenvalue weighted by Gasteiger charge is 1.98. The minimum Gasteiger partial charge on any atom is -0.0669 e. The highest BCUT2D eigenvalue weighted by molar-refractivity contribution is 6.53. The van der Waals surface area contributed by atoms with E-state index in [4.69, 9.17) is 0 Å². The van der Waals surface area contributed by atoms with Crippen molar-refractivity contribution >= 4 is 14.7 Å². The number of rotatable bonds is 4. The van der Waals surface area contributed by atoms with Crippen molar-refractivity contribution in [3.63, 3.8) is 0 Å². The van der Waals surface area contributed by atoms with Crippen LogP contribution < -0.4 is 5.19 Å². The van der Waals surface area contributed by atoms with Crippen LogP contribution in [0.25, 0.3) is 0 Å². The fourth-order valence-corrected chi connectivity index (χ4v) is 3.59. The van der Waals surface area contributed by atoms with Crippen LogP contribution in [-0.2, 0) is 6.42 Å². The number of benzene rings is 2. The summed E-state index contributed by atoms with van der Waals surface area (Å²) in [7, 11) is -0.0712. The molecule has 0 unspecified atom stereocenters. The summed E-state index contributed by atoms with van der Waals surface area (Å²) in [5, 5.41) is 1.58. The third-order valence-electron chi connectivity index (χ3n) is 3.02. The van der Waals surface area contributed by atoms with Crippen LogP contribution >= 0.6 is 0 Å². The van der Waals surface area contributed by atoms with E-state index in [9.17, 15) is 0 Å². The molecule has 1 heteroatoms. The molecule has 0 aromatic heterocycles. The fraction of sp³-hybridized carbons (Fsp3) is 0.200. The Kier molecular flexibility index (Phi) is 3.95. The third kappa shape index (κ3) is 3.07. The number of hydrogen-bond donors (Lipinski definition) is 0. The molecule has 0 atom stereocenters. The van der Waals surface area contributed by atoms with Crippen molar-refractivity contribution in [2.45, 2.75) is 19.4 Å². The molecule has 0 nitrogen and oxygen atoms in total. The molecule has 16 heavy (non-hydrogen) atoms. The average Bonchev–Trinajstić information content (AvgIpc) is 2.33. The summed E-state index contributed by atoms with van der Waals surface area (Å²) in [6.07, 6.45) is 1.24. The quantitative estimate of drug-likeness (QED) is 0.703. The lowest BCUT2D eigenvalue weighted by Crippen LogP contribution is -2.13. The summed E-state index contributed by atoms with van der Waals surface area (Å²) in [5.74, 6) is 0. The Bertz CT molecular complexity index is 434. The van der Waals surface area contributed by atoms with Crippen LogP contribution in [0, 0.1) is 6.92 Å². The highest BCUT2D eigenvalue weighted by atomic mass is 28.2. The van der Waals surface area contributed by atoms with Crippen molar-refractivity contribution in [2.75, 3.05) is 0 Å². The second-order valence-electron chi connectivity index (χ2n) is 4.27. The SMILES string of the molecule is Cc1ccccc1CC[SiH2]c1ccccc1.